The van der Waals surface area contributed by atoms with E-state index in [1.165, 1.54) is 11.3 Å². The Balaban J connectivity index is 1.57. The average Bonchev–Trinajstić information content (AvgIpc) is 2.88. The van der Waals surface area contributed by atoms with E-state index in [9.17, 15) is 4.79 Å². The highest BCUT2D eigenvalue weighted by Gasteiger charge is 2.46. The molecular formula is C13H14N6OS. The number of rotatable bonds is 4. The summed E-state index contributed by atoms with van der Waals surface area (Å²) in [6.45, 7) is 3.89. The molecule has 0 aromatic carbocycles. The van der Waals surface area contributed by atoms with Gasteiger partial charge >= 0.3 is 0 Å². The van der Waals surface area contributed by atoms with Gasteiger partial charge in [-0.3, -0.25) is 4.79 Å². The first-order valence-corrected chi connectivity index (χ1v) is 7.58. The molecule has 108 valence electrons. The highest BCUT2D eigenvalue weighted by molar-refractivity contribution is 7.17. The Hall–Kier alpha value is -2.06. The van der Waals surface area contributed by atoms with Crippen molar-refractivity contribution in [1.82, 2.24) is 20.3 Å². The van der Waals surface area contributed by atoms with Gasteiger partial charge in [0.2, 0.25) is 0 Å². The van der Waals surface area contributed by atoms with Crippen molar-refractivity contribution in [2.24, 2.45) is 0 Å². The molecule has 0 spiro atoms. The number of nitrogens with zero attached hydrogens (tertiary/aromatic N) is 4. The van der Waals surface area contributed by atoms with Gasteiger partial charge in [-0.1, -0.05) is 11.3 Å². The maximum absolute atomic E-state index is 10.7. The zero-order chi connectivity index (χ0) is 14.4. The maximum Gasteiger partial charge on any atom is 0.188 e. The molecule has 4 heterocycles. The molecule has 7 nitrogen and oxygen atoms in total. The van der Waals surface area contributed by atoms with Gasteiger partial charge < -0.3 is 15.5 Å². The quantitative estimate of drug-likeness (QED) is 0.814. The van der Waals surface area contributed by atoms with Crippen LogP contribution in [0, 0.1) is 6.92 Å². The summed E-state index contributed by atoms with van der Waals surface area (Å²) in [5.41, 5.74) is 0. The lowest BCUT2D eigenvalue weighted by Crippen LogP contribution is -2.78. The van der Waals surface area contributed by atoms with Gasteiger partial charge in [-0.15, -0.1) is 0 Å². The van der Waals surface area contributed by atoms with Crippen molar-refractivity contribution >= 4 is 34.4 Å². The predicted molar refractivity (Wildman–Crippen MR) is 80.5 cm³/mol. The number of hydrogen-bond acceptors (Lipinski definition) is 8. The van der Waals surface area contributed by atoms with Crippen molar-refractivity contribution in [3.05, 3.63) is 23.0 Å². The Morgan fingerprint density at radius 2 is 2.43 bits per heavy atom. The van der Waals surface area contributed by atoms with Crippen molar-refractivity contribution < 1.29 is 4.79 Å². The molecule has 2 saturated heterocycles. The van der Waals surface area contributed by atoms with Gasteiger partial charge in [0.25, 0.3) is 0 Å². The first kappa shape index (κ1) is 12.7. The van der Waals surface area contributed by atoms with Crippen LogP contribution in [0.2, 0.25) is 0 Å². The van der Waals surface area contributed by atoms with Crippen molar-refractivity contribution in [2.45, 2.75) is 19.0 Å². The first-order chi connectivity index (χ1) is 10.2. The van der Waals surface area contributed by atoms with E-state index in [1.54, 1.807) is 6.20 Å². The largest absolute Gasteiger partial charge is 0.349 e. The van der Waals surface area contributed by atoms with Crippen LogP contribution >= 0.6 is 11.3 Å². The number of anilines is 3. The summed E-state index contributed by atoms with van der Waals surface area (Å²) >= 11 is 1.31. The topological polar surface area (TPSA) is 83.0 Å². The Bertz CT molecular complexity index is 702. The molecule has 0 amide bonds. The molecule has 0 saturated carbocycles. The number of nitrogens with one attached hydrogen (secondary N) is 2. The van der Waals surface area contributed by atoms with Gasteiger partial charge in [-0.2, -0.15) is 0 Å². The maximum atomic E-state index is 10.7. The molecule has 2 aliphatic rings. The van der Waals surface area contributed by atoms with Gasteiger partial charge in [0.15, 0.2) is 11.4 Å². The number of aryl methyl sites for hydroxylation is 1. The van der Waals surface area contributed by atoms with E-state index in [4.69, 9.17) is 0 Å². The molecule has 4 rings (SSSR count). The fourth-order valence-electron chi connectivity index (χ4n) is 2.65. The third kappa shape index (κ3) is 2.16. The molecule has 21 heavy (non-hydrogen) atoms. The molecule has 0 radical (unpaired) electrons. The van der Waals surface area contributed by atoms with Gasteiger partial charge in [0.05, 0.1) is 17.1 Å². The highest BCUT2D eigenvalue weighted by Crippen LogP contribution is 2.31. The van der Waals surface area contributed by atoms with Gasteiger partial charge in [-0.05, 0) is 6.92 Å². The lowest BCUT2D eigenvalue weighted by molar-refractivity contribution is 0.112. The molecule has 2 atom stereocenters. The van der Waals surface area contributed by atoms with E-state index < -0.39 is 0 Å². The van der Waals surface area contributed by atoms with E-state index in [0.29, 0.717) is 27.9 Å². The number of carbonyl (C=O) groups excluding carboxylic acids is 1. The summed E-state index contributed by atoms with van der Waals surface area (Å²) in [6.07, 6.45) is 2.35. The molecule has 2 aliphatic heterocycles. The van der Waals surface area contributed by atoms with Crippen LogP contribution in [0.25, 0.3) is 0 Å². The Kier molecular flexibility index (Phi) is 2.86. The number of thiazole rings is 1. The molecule has 8 heteroatoms. The second-order valence-electron chi connectivity index (χ2n) is 5.20. The van der Waals surface area contributed by atoms with Gasteiger partial charge in [0.1, 0.15) is 17.5 Å². The standard InChI is InChI=1S/C13H14N6OS/c1-7-16-11(18-13-15-3-8(6-20)21-13)2-12(17-7)19-5-9-10(19)4-14-9/h2-3,6,9-10,14H,4-5H2,1H3,(H,15,16,17,18)/t9?,10-/m0/s1. The van der Waals surface area contributed by atoms with Crippen molar-refractivity contribution in [2.75, 3.05) is 23.3 Å². The van der Waals surface area contributed by atoms with Crippen molar-refractivity contribution in [3.8, 4) is 0 Å². The Morgan fingerprint density at radius 3 is 3.05 bits per heavy atom. The van der Waals surface area contributed by atoms with Gasteiger partial charge in [-0.25, -0.2) is 15.0 Å². The average molecular weight is 302 g/mol. The molecule has 0 aliphatic carbocycles. The summed E-state index contributed by atoms with van der Waals surface area (Å²) < 4.78 is 0. The van der Waals surface area contributed by atoms with Crippen LogP contribution in [0.4, 0.5) is 16.8 Å². The SMILES string of the molecule is Cc1nc(Nc2ncc(C=O)s2)cc(N2CC3NC[C@@H]32)n1. The van der Waals surface area contributed by atoms with Crippen LogP contribution in [0.5, 0.6) is 0 Å². The number of hydrogen-bond donors (Lipinski definition) is 2. The third-order valence-corrected chi connectivity index (χ3v) is 4.68. The van der Waals surface area contributed by atoms with Crippen LogP contribution in [0.3, 0.4) is 0 Å². The summed E-state index contributed by atoms with van der Waals surface area (Å²) in [5, 5.41) is 7.18. The lowest BCUT2D eigenvalue weighted by atomic mass is 9.89. The van der Waals surface area contributed by atoms with E-state index >= 15 is 0 Å². The number of fused-ring (bicyclic) bond motifs is 1. The van der Waals surface area contributed by atoms with Crippen LogP contribution in [-0.4, -0.2) is 46.4 Å². The zero-order valence-electron chi connectivity index (χ0n) is 11.4. The molecule has 2 fully saturated rings. The monoisotopic (exact) mass is 302 g/mol. The smallest absolute Gasteiger partial charge is 0.188 e. The minimum atomic E-state index is 0.564. The summed E-state index contributed by atoms with van der Waals surface area (Å²) in [5.74, 6) is 2.37. The lowest BCUT2D eigenvalue weighted by Gasteiger charge is -2.56. The second-order valence-corrected chi connectivity index (χ2v) is 6.27. The van der Waals surface area contributed by atoms with E-state index in [0.717, 1.165) is 31.0 Å². The zero-order valence-corrected chi connectivity index (χ0v) is 12.2. The first-order valence-electron chi connectivity index (χ1n) is 6.76. The van der Waals surface area contributed by atoms with Crippen LogP contribution in [-0.2, 0) is 0 Å². The summed E-state index contributed by atoms with van der Waals surface area (Å²) in [7, 11) is 0. The van der Waals surface area contributed by atoms with E-state index in [2.05, 4.69) is 30.5 Å². The number of aldehydes is 1. The normalized spacial score (nSPS) is 23.0. The van der Waals surface area contributed by atoms with E-state index in [1.807, 2.05) is 13.0 Å². The minimum absolute atomic E-state index is 0.564. The number of piperazine rings is 1. The van der Waals surface area contributed by atoms with Crippen molar-refractivity contribution in [3.63, 3.8) is 0 Å². The molecule has 2 N–H and O–H groups in total. The van der Waals surface area contributed by atoms with E-state index in [-0.39, 0.29) is 0 Å². The Labute approximate surface area is 125 Å². The van der Waals surface area contributed by atoms with Crippen LogP contribution in [0.15, 0.2) is 12.3 Å². The third-order valence-electron chi connectivity index (χ3n) is 3.84. The Morgan fingerprint density at radius 1 is 1.52 bits per heavy atom. The second kappa shape index (κ2) is 4.74. The predicted octanol–water partition coefficient (Wildman–Crippen LogP) is 0.958. The summed E-state index contributed by atoms with van der Waals surface area (Å²) in [4.78, 5) is 26.6. The molecule has 2 aromatic heterocycles. The highest BCUT2D eigenvalue weighted by atomic mass is 32.1. The fraction of sp³-hybridized carbons (Fsp3) is 0.385. The van der Waals surface area contributed by atoms with Gasteiger partial charge in [0, 0.05) is 25.2 Å². The summed E-state index contributed by atoms with van der Waals surface area (Å²) in [6, 6.07) is 3.11. The van der Waals surface area contributed by atoms with Crippen LogP contribution in [0.1, 0.15) is 15.5 Å². The fourth-order valence-corrected chi connectivity index (χ4v) is 3.29. The molecule has 0 bridgehead atoms. The van der Waals surface area contributed by atoms with Crippen LogP contribution < -0.4 is 15.5 Å². The minimum Gasteiger partial charge on any atom is -0.349 e. The number of carbonyl (C=O) groups is 1. The van der Waals surface area contributed by atoms with Crippen molar-refractivity contribution in [1.29, 1.82) is 0 Å². The molecular weight excluding hydrogens is 288 g/mol. The number of aromatic nitrogens is 3. The molecule has 2 aromatic rings. The molecule has 1 unspecified atom stereocenters.